The summed E-state index contributed by atoms with van der Waals surface area (Å²) >= 11 is 0. The number of aromatic amines is 1. The Hall–Kier alpha value is -5.46. The van der Waals surface area contributed by atoms with Crippen LogP contribution < -0.4 is 11.1 Å². The number of nitrogens with one attached hydrogen (secondary N) is 2. The highest BCUT2D eigenvalue weighted by Crippen LogP contribution is 2.40. The predicted octanol–water partition coefficient (Wildman–Crippen LogP) is 6.17. The molecule has 0 radical (unpaired) electrons. The lowest BCUT2D eigenvalue weighted by Gasteiger charge is -2.14. The van der Waals surface area contributed by atoms with E-state index in [0.717, 1.165) is 65.2 Å². The number of nitrogen functional groups attached to an aromatic ring is 1. The van der Waals surface area contributed by atoms with Gasteiger partial charge in [-0.3, -0.25) is 4.79 Å². The molecule has 2 fully saturated rings. The molecule has 47 heavy (non-hydrogen) atoms. The molecule has 244 valence electrons. The van der Waals surface area contributed by atoms with Gasteiger partial charge in [0.1, 0.15) is 22.9 Å². The van der Waals surface area contributed by atoms with E-state index in [4.69, 9.17) is 24.3 Å². The van der Waals surface area contributed by atoms with Crippen molar-refractivity contribution in [2.45, 2.75) is 59.3 Å². The van der Waals surface area contributed by atoms with Gasteiger partial charge >= 0.3 is 11.9 Å². The van der Waals surface area contributed by atoms with Crippen molar-refractivity contribution in [1.29, 1.82) is 0 Å². The number of H-pyrrole nitrogens is 1. The predicted molar refractivity (Wildman–Crippen MR) is 173 cm³/mol. The van der Waals surface area contributed by atoms with Crippen molar-refractivity contribution in [3.05, 3.63) is 64.1 Å². The molecule has 0 saturated heterocycles. The number of nitrogens with zero attached hydrogens (tertiary/aromatic N) is 3. The molecule has 2 aliphatic carbocycles. The second-order valence-electron chi connectivity index (χ2n) is 11.9. The molecule has 7 rings (SSSR count). The lowest BCUT2D eigenvalue weighted by molar-refractivity contribution is -0.117. The second kappa shape index (κ2) is 12.4. The number of esters is 2. The molecule has 3 heterocycles. The van der Waals surface area contributed by atoms with Gasteiger partial charge in [0.05, 0.1) is 53.6 Å². The molecule has 1 amide bonds. The summed E-state index contributed by atoms with van der Waals surface area (Å²) in [6.07, 6.45) is 4.03. The molecule has 13 heteroatoms. The van der Waals surface area contributed by atoms with Crippen LogP contribution in [0.5, 0.6) is 0 Å². The Morgan fingerprint density at radius 2 is 1.38 bits per heavy atom. The molecule has 5 aromatic rings. The highest BCUT2D eigenvalue weighted by Gasteiger charge is 2.31. The number of fused-ring (bicyclic) bond motifs is 1. The van der Waals surface area contributed by atoms with Gasteiger partial charge in [-0.2, -0.15) is 0 Å². The molecule has 0 aliphatic heterocycles. The fraction of sp³-hybridized carbons (Fsp3) is 0.353. The summed E-state index contributed by atoms with van der Waals surface area (Å²) in [5.41, 5.74) is 13.5. The SMILES string of the molecule is COC(=O)c1cc(-c2c(C)noc2C)cc(NC(=O)C2CC2)c1N.COC(=O)c1cc(-c2c(C)noc2C)cc2[nH]c(C3CC3)nc12. The molecule has 0 atom stereocenters. The summed E-state index contributed by atoms with van der Waals surface area (Å²) in [5.74, 6) is 1.74. The Kier molecular flexibility index (Phi) is 8.31. The van der Waals surface area contributed by atoms with Gasteiger partial charge in [-0.1, -0.05) is 10.3 Å². The van der Waals surface area contributed by atoms with Crippen LogP contribution in [0.1, 0.15) is 81.0 Å². The van der Waals surface area contributed by atoms with Crippen LogP contribution in [-0.2, 0) is 14.3 Å². The Morgan fingerprint density at radius 3 is 1.89 bits per heavy atom. The minimum Gasteiger partial charge on any atom is -0.465 e. The number of aromatic nitrogens is 4. The molecule has 0 bridgehead atoms. The molecular formula is C34H36N6O7. The molecular weight excluding hydrogens is 604 g/mol. The first-order chi connectivity index (χ1) is 22.5. The van der Waals surface area contributed by atoms with Crippen LogP contribution >= 0.6 is 0 Å². The fourth-order valence-corrected chi connectivity index (χ4v) is 5.65. The monoisotopic (exact) mass is 640 g/mol. The molecule has 0 spiro atoms. The summed E-state index contributed by atoms with van der Waals surface area (Å²) < 4.78 is 20.2. The van der Waals surface area contributed by atoms with E-state index in [1.165, 1.54) is 14.2 Å². The van der Waals surface area contributed by atoms with Gasteiger partial charge in [0.25, 0.3) is 0 Å². The van der Waals surface area contributed by atoms with Gasteiger partial charge in [0.15, 0.2) is 0 Å². The van der Waals surface area contributed by atoms with Crippen LogP contribution in [0.4, 0.5) is 11.4 Å². The average Bonchev–Trinajstić information content (AvgIpc) is 3.99. The van der Waals surface area contributed by atoms with Gasteiger partial charge in [-0.05, 0) is 88.8 Å². The number of nitrogens with two attached hydrogens (primary N) is 1. The number of hydrogen-bond acceptors (Lipinski definition) is 11. The lowest BCUT2D eigenvalue weighted by Crippen LogP contribution is -2.16. The summed E-state index contributed by atoms with van der Waals surface area (Å²) in [6.45, 7) is 7.34. The molecule has 2 aliphatic rings. The molecule has 2 saturated carbocycles. The van der Waals surface area contributed by atoms with Crippen molar-refractivity contribution >= 4 is 40.3 Å². The molecule has 3 aromatic heterocycles. The van der Waals surface area contributed by atoms with Gasteiger partial charge in [-0.15, -0.1) is 0 Å². The van der Waals surface area contributed by atoms with Gasteiger partial charge < -0.3 is 34.6 Å². The van der Waals surface area contributed by atoms with Gasteiger partial charge in [0, 0.05) is 23.0 Å². The zero-order chi connectivity index (χ0) is 33.6. The number of benzene rings is 2. The zero-order valence-electron chi connectivity index (χ0n) is 27.1. The first kappa shape index (κ1) is 31.5. The maximum absolute atomic E-state index is 12.2. The van der Waals surface area contributed by atoms with Crippen molar-refractivity contribution in [2.75, 3.05) is 25.3 Å². The van der Waals surface area contributed by atoms with E-state index in [9.17, 15) is 14.4 Å². The molecule has 4 N–H and O–H groups in total. The van der Waals surface area contributed by atoms with E-state index in [1.54, 1.807) is 25.1 Å². The number of carbonyl (C=O) groups excluding carboxylic acids is 3. The summed E-state index contributed by atoms with van der Waals surface area (Å²) in [6, 6.07) is 7.15. The summed E-state index contributed by atoms with van der Waals surface area (Å²) in [4.78, 5) is 44.3. The van der Waals surface area contributed by atoms with Crippen molar-refractivity contribution in [2.24, 2.45) is 5.92 Å². The Balaban J connectivity index is 0.000000164. The van der Waals surface area contributed by atoms with Crippen LogP contribution in [0.2, 0.25) is 0 Å². The minimum absolute atomic E-state index is 0.0219. The van der Waals surface area contributed by atoms with Crippen LogP contribution in [0.15, 0.2) is 33.3 Å². The van der Waals surface area contributed by atoms with Crippen molar-refractivity contribution < 1.29 is 32.9 Å². The Bertz CT molecular complexity index is 1990. The van der Waals surface area contributed by atoms with Gasteiger partial charge in [0.2, 0.25) is 5.91 Å². The van der Waals surface area contributed by atoms with Crippen LogP contribution in [0.3, 0.4) is 0 Å². The minimum atomic E-state index is -0.567. The number of carbonyl (C=O) groups is 3. The maximum Gasteiger partial charge on any atom is 0.340 e. The first-order valence-corrected chi connectivity index (χ1v) is 15.3. The third kappa shape index (κ3) is 6.20. The lowest BCUT2D eigenvalue weighted by atomic mass is 9.99. The van der Waals surface area contributed by atoms with E-state index in [-0.39, 0.29) is 23.1 Å². The molecule has 2 aromatic carbocycles. The number of rotatable bonds is 7. The number of ether oxygens (including phenoxy) is 2. The first-order valence-electron chi connectivity index (χ1n) is 15.3. The van der Waals surface area contributed by atoms with Crippen LogP contribution in [-0.4, -0.2) is 52.3 Å². The quantitative estimate of drug-likeness (QED) is 0.136. The number of anilines is 2. The Morgan fingerprint density at radius 1 is 0.830 bits per heavy atom. The number of hydrogen-bond donors (Lipinski definition) is 3. The number of methoxy groups -OCH3 is 2. The van der Waals surface area contributed by atoms with Gasteiger partial charge in [-0.25, -0.2) is 14.6 Å². The second-order valence-corrected chi connectivity index (χ2v) is 11.9. The molecule has 0 unspecified atom stereocenters. The number of imidazole rings is 1. The van der Waals surface area contributed by atoms with Crippen LogP contribution in [0.25, 0.3) is 33.3 Å². The highest BCUT2D eigenvalue weighted by atomic mass is 16.5. The van der Waals surface area contributed by atoms with E-state index in [1.807, 2.05) is 26.8 Å². The third-order valence-electron chi connectivity index (χ3n) is 8.41. The topological polar surface area (TPSA) is 188 Å². The largest absolute Gasteiger partial charge is 0.465 e. The third-order valence-corrected chi connectivity index (χ3v) is 8.41. The highest BCUT2D eigenvalue weighted by molar-refractivity contribution is 6.05. The maximum atomic E-state index is 12.2. The summed E-state index contributed by atoms with van der Waals surface area (Å²) in [5, 5.41) is 10.7. The normalized spacial score (nSPS) is 14.0. The standard InChI is InChI=1S/C17H19N3O4.C17H17N3O3/c1-8-14(9(2)24-20-8)11-6-12(17(22)23-3)15(18)13(7-11)19-16(21)10-4-5-10;1-8-14(9(2)23-20-8)11-6-12(17(21)22-3)15-13(7-11)18-16(19-15)10-4-5-10/h6-7,10H,4-5,18H2,1-3H3,(H,19,21);6-7,10H,4-5H2,1-3H3,(H,18,19). The molecule has 13 nitrogen and oxygen atoms in total. The van der Waals surface area contributed by atoms with E-state index >= 15 is 0 Å². The van der Waals surface area contributed by atoms with Crippen molar-refractivity contribution in [1.82, 2.24) is 20.3 Å². The zero-order valence-corrected chi connectivity index (χ0v) is 27.1. The van der Waals surface area contributed by atoms with Crippen molar-refractivity contribution in [3.8, 4) is 22.3 Å². The smallest absolute Gasteiger partial charge is 0.340 e. The fourth-order valence-electron chi connectivity index (χ4n) is 5.65. The number of aryl methyl sites for hydroxylation is 4. The average molecular weight is 641 g/mol. The van der Waals surface area contributed by atoms with E-state index in [0.29, 0.717) is 39.7 Å². The summed E-state index contributed by atoms with van der Waals surface area (Å²) in [7, 11) is 2.66. The van der Waals surface area contributed by atoms with Crippen LogP contribution in [0, 0.1) is 33.6 Å². The Labute approximate surface area is 270 Å². The van der Waals surface area contributed by atoms with E-state index < -0.39 is 11.9 Å². The van der Waals surface area contributed by atoms with Crippen molar-refractivity contribution in [3.63, 3.8) is 0 Å². The van der Waals surface area contributed by atoms with E-state index in [2.05, 4.69) is 25.6 Å². The number of amides is 1.